The molecule has 0 radical (unpaired) electrons. The predicted octanol–water partition coefficient (Wildman–Crippen LogP) is 2.04. The summed E-state index contributed by atoms with van der Waals surface area (Å²) in [7, 11) is 0. The van der Waals surface area contributed by atoms with E-state index >= 15 is 0 Å². The van der Waals surface area contributed by atoms with E-state index < -0.39 is 0 Å². The zero-order valence-electron chi connectivity index (χ0n) is 11.0. The lowest BCUT2D eigenvalue weighted by Gasteiger charge is -2.31. The largest absolute Gasteiger partial charge is 0.473 e. The van der Waals surface area contributed by atoms with Crippen molar-refractivity contribution in [2.75, 3.05) is 19.6 Å². The smallest absolute Gasteiger partial charge is 0.232 e. The molecular weight excluding hydrogens is 226 g/mol. The van der Waals surface area contributed by atoms with Crippen molar-refractivity contribution in [3.63, 3.8) is 0 Å². The van der Waals surface area contributed by atoms with E-state index in [0.29, 0.717) is 12.0 Å². The molecule has 0 atom stereocenters. The summed E-state index contributed by atoms with van der Waals surface area (Å²) in [6.07, 6.45) is 8.89. The first-order valence-corrected chi connectivity index (χ1v) is 6.97. The fraction of sp³-hybridized carbons (Fsp3) is 0.714. The Morgan fingerprint density at radius 2 is 2.00 bits per heavy atom. The molecule has 2 aliphatic rings. The summed E-state index contributed by atoms with van der Waals surface area (Å²) < 4.78 is 5.90. The van der Waals surface area contributed by atoms with Crippen LogP contribution in [0.4, 0.5) is 0 Å². The molecule has 0 spiro atoms. The number of likely N-dealkylation sites (tertiary alicyclic amines) is 1. The van der Waals surface area contributed by atoms with Gasteiger partial charge < -0.3 is 9.64 Å². The zero-order valence-corrected chi connectivity index (χ0v) is 11.0. The number of aryl methyl sites for hydroxylation is 1. The minimum Gasteiger partial charge on any atom is -0.473 e. The highest BCUT2D eigenvalue weighted by Crippen LogP contribution is 2.30. The normalized spacial score (nSPS) is 22.1. The van der Waals surface area contributed by atoms with Crippen LogP contribution in [-0.4, -0.2) is 40.6 Å². The highest BCUT2D eigenvalue weighted by molar-refractivity contribution is 5.07. The number of ether oxygens (including phenoxy) is 1. The molecular formula is C14H21N3O. The van der Waals surface area contributed by atoms with Crippen molar-refractivity contribution in [3.05, 3.63) is 18.1 Å². The first-order chi connectivity index (χ1) is 8.79. The van der Waals surface area contributed by atoms with Gasteiger partial charge in [-0.05, 0) is 38.5 Å². The van der Waals surface area contributed by atoms with Gasteiger partial charge in [0.2, 0.25) is 5.88 Å². The Morgan fingerprint density at radius 3 is 2.67 bits per heavy atom. The Hall–Kier alpha value is -1.16. The van der Waals surface area contributed by atoms with Gasteiger partial charge in [0.15, 0.2) is 0 Å². The second kappa shape index (κ2) is 5.22. The first kappa shape index (κ1) is 11.9. The molecule has 1 saturated heterocycles. The summed E-state index contributed by atoms with van der Waals surface area (Å²) in [5.41, 5.74) is 0.915. The SMILES string of the molecule is Cc1cncc(OC2CCN(CC3CC3)CC2)n1. The van der Waals surface area contributed by atoms with Gasteiger partial charge in [-0.15, -0.1) is 0 Å². The molecule has 2 fully saturated rings. The van der Waals surface area contributed by atoms with Crippen molar-refractivity contribution < 1.29 is 4.74 Å². The maximum atomic E-state index is 5.90. The summed E-state index contributed by atoms with van der Waals surface area (Å²) in [6, 6.07) is 0. The van der Waals surface area contributed by atoms with E-state index in [1.54, 1.807) is 12.4 Å². The Balaban J connectivity index is 1.47. The van der Waals surface area contributed by atoms with Gasteiger partial charge in [-0.1, -0.05) is 0 Å². The molecule has 4 heteroatoms. The average Bonchev–Trinajstić information content (AvgIpc) is 3.16. The second-order valence-corrected chi connectivity index (χ2v) is 5.56. The molecule has 1 saturated carbocycles. The van der Waals surface area contributed by atoms with Crippen LogP contribution in [0.3, 0.4) is 0 Å². The third-order valence-electron chi connectivity index (χ3n) is 3.77. The van der Waals surface area contributed by atoms with E-state index in [1.165, 1.54) is 32.5 Å². The molecule has 0 aromatic carbocycles. The number of nitrogens with zero attached hydrogens (tertiary/aromatic N) is 3. The fourth-order valence-electron chi connectivity index (χ4n) is 2.54. The van der Waals surface area contributed by atoms with E-state index in [-0.39, 0.29) is 0 Å². The molecule has 1 aromatic heterocycles. The van der Waals surface area contributed by atoms with Crippen LogP contribution in [0, 0.1) is 12.8 Å². The van der Waals surface area contributed by atoms with Crippen molar-refractivity contribution in [2.45, 2.75) is 38.7 Å². The number of aromatic nitrogens is 2. The van der Waals surface area contributed by atoms with Gasteiger partial charge in [0.25, 0.3) is 0 Å². The van der Waals surface area contributed by atoms with Gasteiger partial charge in [0, 0.05) is 25.8 Å². The Bertz CT molecular complexity index is 398. The van der Waals surface area contributed by atoms with Gasteiger partial charge >= 0.3 is 0 Å². The molecule has 0 amide bonds. The van der Waals surface area contributed by atoms with Crippen LogP contribution < -0.4 is 4.74 Å². The van der Waals surface area contributed by atoms with Crippen molar-refractivity contribution >= 4 is 0 Å². The van der Waals surface area contributed by atoms with Crippen LogP contribution in [0.1, 0.15) is 31.4 Å². The lowest BCUT2D eigenvalue weighted by atomic mass is 10.1. The lowest BCUT2D eigenvalue weighted by Crippen LogP contribution is -2.39. The molecule has 1 aromatic rings. The molecule has 0 bridgehead atoms. The number of hydrogen-bond donors (Lipinski definition) is 0. The summed E-state index contributed by atoms with van der Waals surface area (Å²) in [5.74, 6) is 1.67. The molecule has 4 nitrogen and oxygen atoms in total. The molecule has 1 aliphatic carbocycles. The summed E-state index contributed by atoms with van der Waals surface area (Å²) in [5, 5.41) is 0. The standard InChI is InChI=1S/C14H21N3O/c1-11-8-15-9-14(16-11)18-13-4-6-17(7-5-13)10-12-2-3-12/h8-9,12-13H,2-7,10H2,1H3. The van der Waals surface area contributed by atoms with Crippen LogP contribution in [0.5, 0.6) is 5.88 Å². The first-order valence-electron chi connectivity index (χ1n) is 6.97. The zero-order chi connectivity index (χ0) is 12.4. The van der Waals surface area contributed by atoms with Crippen molar-refractivity contribution in [1.29, 1.82) is 0 Å². The summed E-state index contributed by atoms with van der Waals surface area (Å²) in [4.78, 5) is 11.0. The average molecular weight is 247 g/mol. The topological polar surface area (TPSA) is 38.2 Å². The maximum Gasteiger partial charge on any atom is 0.232 e. The molecule has 98 valence electrons. The van der Waals surface area contributed by atoms with Crippen LogP contribution in [0.25, 0.3) is 0 Å². The van der Waals surface area contributed by atoms with Crippen LogP contribution in [0.2, 0.25) is 0 Å². The van der Waals surface area contributed by atoms with Gasteiger partial charge in [-0.3, -0.25) is 4.98 Å². The third-order valence-corrected chi connectivity index (χ3v) is 3.77. The van der Waals surface area contributed by atoms with Crippen molar-refractivity contribution in [1.82, 2.24) is 14.9 Å². The molecule has 3 rings (SSSR count). The van der Waals surface area contributed by atoms with Crippen molar-refractivity contribution in [3.8, 4) is 5.88 Å². The number of rotatable bonds is 4. The van der Waals surface area contributed by atoms with Crippen LogP contribution in [-0.2, 0) is 0 Å². The fourth-order valence-corrected chi connectivity index (χ4v) is 2.54. The summed E-state index contributed by atoms with van der Waals surface area (Å²) >= 11 is 0. The molecule has 1 aliphatic heterocycles. The Morgan fingerprint density at radius 1 is 1.22 bits per heavy atom. The van der Waals surface area contributed by atoms with Crippen LogP contribution in [0.15, 0.2) is 12.4 Å². The number of hydrogen-bond acceptors (Lipinski definition) is 4. The molecule has 2 heterocycles. The third kappa shape index (κ3) is 3.19. The Kier molecular flexibility index (Phi) is 3.46. The van der Waals surface area contributed by atoms with E-state index in [2.05, 4.69) is 14.9 Å². The minimum atomic E-state index is 0.316. The van der Waals surface area contributed by atoms with Crippen molar-refractivity contribution in [2.24, 2.45) is 5.92 Å². The Labute approximate surface area is 108 Å². The molecule has 18 heavy (non-hydrogen) atoms. The monoisotopic (exact) mass is 247 g/mol. The van der Waals surface area contributed by atoms with Gasteiger partial charge in [-0.25, -0.2) is 4.98 Å². The van der Waals surface area contributed by atoms with E-state index in [4.69, 9.17) is 4.74 Å². The van der Waals surface area contributed by atoms with E-state index in [1.807, 2.05) is 6.92 Å². The predicted molar refractivity (Wildman–Crippen MR) is 69.6 cm³/mol. The van der Waals surface area contributed by atoms with E-state index in [9.17, 15) is 0 Å². The minimum absolute atomic E-state index is 0.316. The quantitative estimate of drug-likeness (QED) is 0.816. The second-order valence-electron chi connectivity index (χ2n) is 5.56. The highest BCUT2D eigenvalue weighted by atomic mass is 16.5. The van der Waals surface area contributed by atoms with E-state index in [0.717, 1.165) is 24.5 Å². The molecule has 0 N–H and O–H groups in total. The number of piperidine rings is 1. The van der Waals surface area contributed by atoms with Crippen LogP contribution >= 0.6 is 0 Å². The van der Waals surface area contributed by atoms with Gasteiger partial charge in [-0.2, -0.15) is 0 Å². The maximum absolute atomic E-state index is 5.90. The molecule has 0 unspecified atom stereocenters. The van der Waals surface area contributed by atoms with Gasteiger partial charge in [0.1, 0.15) is 6.10 Å². The summed E-state index contributed by atoms with van der Waals surface area (Å²) in [6.45, 7) is 5.58. The lowest BCUT2D eigenvalue weighted by molar-refractivity contribution is 0.0940. The highest BCUT2D eigenvalue weighted by Gasteiger charge is 2.27. The van der Waals surface area contributed by atoms with Gasteiger partial charge in [0.05, 0.1) is 11.9 Å².